The molecule has 0 fully saturated rings. The Morgan fingerprint density at radius 2 is 2.32 bits per heavy atom. The summed E-state index contributed by atoms with van der Waals surface area (Å²) in [5.74, 6) is 1.09. The Morgan fingerprint density at radius 3 is 2.95 bits per heavy atom. The molecule has 0 radical (unpaired) electrons. The number of nitrogens with one attached hydrogen (secondary N) is 1. The average molecular weight is 324 g/mol. The third-order valence-corrected chi connectivity index (χ3v) is 3.27. The van der Waals surface area contributed by atoms with E-state index < -0.39 is 0 Å². The van der Waals surface area contributed by atoms with Crippen LogP contribution in [0, 0.1) is 0 Å². The zero-order chi connectivity index (χ0) is 15.9. The van der Waals surface area contributed by atoms with Crippen LogP contribution in [0.15, 0.2) is 34.9 Å². The number of furan rings is 1. The number of ether oxygens (including phenoxy) is 1. The van der Waals surface area contributed by atoms with E-state index in [-0.39, 0.29) is 11.1 Å². The Kier molecular flexibility index (Phi) is 5.80. The van der Waals surface area contributed by atoms with E-state index >= 15 is 0 Å². The van der Waals surface area contributed by atoms with Crippen LogP contribution in [0.25, 0.3) is 0 Å². The fourth-order valence-electron chi connectivity index (χ4n) is 1.98. The number of amides is 1. The van der Waals surface area contributed by atoms with Crippen molar-refractivity contribution in [2.75, 3.05) is 32.6 Å². The van der Waals surface area contributed by atoms with Crippen molar-refractivity contribution < 1.29 is 13.9 Å². The molecule has 22 heavy (non-hydrogen) atoms. The van der Waals surface area contributed by atoms with Crippen molar-refractivity contribution in [2.24, 2.45) is 0 Å². The highest BCUT2D eigenvalue weighted by molar-refractivity contribution is 6.29. The molecule has 118 valence electrons. The van der Waals surface area contributed by atoms with Crippen molar-refractivity contribution in [3.8, 4) is 0 Å². The number of nitrogens with zero attached hydrogens (tertiary/aromatic N) is 2. The Hall–Kier alpha value is -2.05. The van der Waals surface area contributed by atoms with Crippen LogP contribution in [0.4, 0.5) is 5.82 Å². The average Bonchev–Trinajstić information content (AvgIpc) is 3.03. The Bertz CT molecular complexity index is 617. The van der Waals surface area contributed by atoms with Gasteiger partial charge in [-0.15, -0.1) is 0 Å². The molecule has 0 saturated carbocycles. The lowest BCUT2D eigenvalue weighted by atomic mass is 10.2. The van der Waals surface area contributed by atoms with Gasteiger partial charge in [0.05, 0.1) is 19.4 Å². The number of aromatic nitrogens is 1. The van der Waals surface area contributed by atoms with E-state index in [0.717, 1.165) is 0 Å². The minimum Gasteiger partial charge on any atom is -0.467 e. The molecule has 0 saturated heterocycles. The maximum atomic E-state index is 12.7. The Morgan fingerprint density at radius 1 is 1.50 bits per heavy atom. The van der Waals surface area contributed by atoms with Gasteiger partial charge < -0.3 is 19.4 Å². The number of pyridine rings is 1. The molecule has 0 unspecified atom stereocenters. The van der Waals surface area contributed by atoms with Gasteiger partial charge in [0.1, 0.15) is 16.7 Å². The maximum absolute atomic E-state index is 12.7. The molecule has 0 aliphatic carbocycles. The number of hydrogen-bond donors (Lipinski definition) is 1. The monoisotopic (exact) mass is 323 g/mol. The van der Waals surface area contributed by atoms with Crippen molar-refractivity contribution in [1.29, 1.82) is 0 Å². The first-order valence-electron chi connectivity index (χ1n) is 6.80. The van der Waals surface area contributed by atoms with Gasteiger partial charge >= 0.3 is 0 Å². The fourth-order valence-corrected chi connectivity index (χ4v) is 2.18. The molecule has 1 amide bonds. The largest absolute Gasteiger partial charge is 0.467 e. The first-order chi connectivity index (χ1) is 10.6. The summed E-state index contributed by atoms with van der Waals surface area (Å²) < 4.78 is 10.4. The van der Waals surface area contributed by atoms with Crippen molar-refractivity contribution >= 4 is 23.3 Å². The highest BCUT2D eigenvalue weighted by atomic mass is 35.5. The third kappa shape index (κ3) is 4.22. The molecule has 2 rings (SSSR count). The van der Waals surface area contributed by atoms with Crippen LogP contribution >= 0.6 is 11.6 Å². The van der Waals surface area contributed by atoms with Gasteiger partial charge in [-0.1, -0.05) is 11.6 Å². The van der Waals surface area contributed by atoms with Gasteiger partial charge in [0, 0.05) is 26.3 Å². The number of carbonyl (C=O) groups is 1. The maximum Gasteiger partial charge on any atom is 0.254 e. The van der Waals surface area contributed by atoms with Gasteiger partial charge in [-0.2, -0.15) is 0 Å². The minimum atomic E-state index is -0.158. The smallest absolute Gasteiger partial charge is 0.254 e. The van der Waals surface area contributed by atoms with Gasteiger partial charge in [-0.25, -0.2) is 4.98 Å². The van der Waals surface area contributed by atoms with Crippen molar-refractivity contribution in [3.05, 3.63) is 47.0 Å². The standard InChI is InChI=1S/C15H18ClN3O3/c1-17-14-9-11(8-13(16)18-14)15(20)19(5-7-21-2)10-12-4-3-6-22-12/h3-4,6,8-9H,5,7,10H2,1-2H3,(H,17,18). The van der Waals surface area contributed by atoms with Gasteiger partial charge in [-0.3, -0.25) is 4.79 Å². The van der Waals surface area contributed by atoms with E-state index in [1.807, 2.05) is 6.07 Å². The zero-order valence-corrected chi connectivity index (χ0v) is 13.3. The molecular formula is C15H18ClN3O3. The summed E-state index contributed by atoms with van der Waals surface area (Å²) in [5.41, 5.74) is 0.465. The van der Waals surface area contributed by atoms with Crippen LogP contribution in [-0.2, 0) is 11.3 Å². The first-order valence-corrected chi connectivity index (χ1v) is 7.17. The predicted octanol–water partition coefficient (Wildman–Crippen LogP) is 2.66. The van der Waals surface area contributed by atoms with Crippen LogP contribution in [-0.4, -0.2) is 43.1 Å². The number of anilines is 1. The van der Waals surface area contributed by atoms with Crippen LogP contribution in [0.3, 0.4) is 0 Å². The summed E-state index contributed by atoms with van der Waals surface area (Å²) in [6, 6.07) is 6.82. The van der Waals surface area contributed by atoms with E-state index in [4.69, 9.17) is 20.8 Å². The first kappa shape index (κ1) is 16.3. The van der Waals surface area contributed by atoms with Crippen LogP contribution in [0.2, 0.25) is 5.15 Å². The van der Waals surface area contributed by atoms with Crippen molar-refractivity contribution in [2.45, 2.75) is 6.54 Å². The van der Waals surface area contributed by atoms with E-state index in [1.54, 1.807) is 43.5 Å². The lowest BCUT2D eigenvalue weighted by molar-refractivity contribution is 0.0666. The summed E-state index contributed by atoms with van der Waals surface area (Å²) in [5, 5.41) is 3.15. The molecule has 2 heterocycles. The summed E-state index contributed by atoms with van der Waals surface area (Å²) in [7, 11) is 3.32. The Labute approximate surface area is 134 Å². The molecule has 6 nitrogen and oxygen atoms in total. The normalized spacial score (nSPS) is 10.5. The molecule has 0 aliphatic rings. The van der Waals surface area contributed by atoms with Gasteiger partial charge in [0.2, 0.25) is 0 Å². The van der Waals surface area contributed by atoms with E-state index in [1.165, 1.54) is 0 Å². The molecular weight excluding hydrogens is 306 g/mol. The molecule has 0 bridgehead atoms. The lowest BCUT2D eigenvalue weighted by Crippen LogP contribution is -2.33. The van der Waals surface area contributed by atoms with E-state index in [2.05, 4.69) is 10.3 Å². The summed E-state index contributed by atoms with van der Waals surface area (Å²) in [6.07, 6.45) is 1.58. The van der Waals surface area contributed by atoms with Crippen molar-refractivity contribution in [3.63, 3.8) is 0 Å². The zero-order valence-electron chi connectivity index (χ0n) is 12.5. The molecule has 0 spiro atoms. The predicted molar refractivity (Wildman–Crippen MR) is 84.1 cm³/mol. The second-order valence-corrected chi connectivity index (χ2v) is 5.00. The molecule has 1 N–H and O–H groups in total. The lowest BCUT2D eigenvalue weighted by Gasteiger charge is -2.21. The number of hydrogen-bond acceptors (Lipinski definition) is 5. The quantitative estimate of drug-likeness (QED) is 0.793. The Balaban J connectivity index is 2.22. The van der Waals surface area contributed by atoms with E-state index in [0.29, 0.717) is 36.8 Å². The van der Waals surface area contributed by atoms with Crippen LogP contribution < -0.4 is 5.32 Å². The summed E-state index contributed by atoms with van der Waals surface area (Å²) in [4.78, 5) is 18.4. The highest BCUT2D eigenvalue weighted by Gasteiger charge is 2.18. The second kappa shape index (κ2) is 7.82. The third-order valence-electron chi connectivity index (χ3n) is 3.08. The van der Waals surface area contributed by atoms with Crippen molar-refractivity contribution in [1.82, 2.24) is 9.88 Å². The molecule has 2 aromatic heterocycles. The molecule has 2 aromatic rings. The molecule has 7 heteroatoms. The van der Waals surface area contributed by atoms with Crippen LogP contribution in [0.1, 0.15) is 16.1 Å². The molecule has 0 aliphatic heterocycles. The van der Waals surface area contributed by atoms with Gasteiger partial charge in [-0.05, 0) is 24.3 Å². The SMILES string of the molecule is CNc1cc(C(=O)N(CCOC)Cc2ccco2)cc(Cl)n1. The van der Waals surface area contributed by atoms with Crippen LogP contribution in [0.5, 0.6) is 0 Å². The highest BCUT2D eigenvalue weighted by Crippen LogP contribution is 2.17. The number of carbonyl (C=O) groups excluding carboxylic acids is 1. The van der Waals surface area contributed by atoms with Gasteiger partial charge in [0.15, 0.2) is 0 Å². The summed E-state index contributed by atoms with van der Waals surface area (Å²) in [6.45, 7) is 1.25. The number of rotatable bonds is 7. The van der Waals surface area contributed by atoms with E-state index in [9.17, 15) is 4.79 Å². The molecule has 0 atom stereocenters. The number of halogens is 1. The minimum absolute atomic E-state index is 0.158. The van der Waals surface area contributed by atoms with Gasteiger partial charge in [0.25, 0.3) is 5.91 Å². The summed E-state index contributed by atoms with van der Waals surface area (Å²) >= 11 is 5.96. The number of methoxy groups -OCH3 is 1. The second-order valence-electron chi connectivity index (χ2n) is 4.61. The molecule has 0 aromatic carbocycles. The topological polar surface area (TPSA) is 67.6 Å². The fraction of sp³-hybridized carbons (Fsp3) is 0.333.